The molecule has 1 saturated heterocycles. The quantitative estimate of drug-likeness (QED) is 0.420. The van der Waals surface area contributed by atoms with E-state index < -0.39 is 6.10 Å². The van der Waals surface area contributed by atoms with Crippen molar-refractivity contribution in [1.29, 1.82) is 0 Å². The monoisotopic (exact) mass is 432 g/mol. The Morgan fingerprint density at radius 3 is 2.97 bits per heavy atom. The third-order valence-electron chi connectivity index (χ3n) is 5.74. The van der Waals surface area contributed by atoms with Crippen LogP contribution in [0.15, 0.2) is 30.9 Å². The number of rotatable bonds is 11. The summed E-state index contributed by atoms with van der Waals surface area (Å²) in [5.41, 5.74) is 0.604. The van der Waals surface area contributed by atoms with Gasteiger partial charge < -0.3 is 29.0 Å². The number of aliphatic hydroxyl groups is 1. The Balaban J connectivity index is 1.34. The maximum atomic E-state index is 13.3. The van der Waals surface area contributed by atoms with E-state index in [-0.39, 0.29) is 25.4 Å². The topological polar surface area (TPSA) is 80.7 Å². The summed E-state index contributed by atoms with van der Waals surface area (Å²) >= 11 is 0. The summed E-state index contributed by atoms with van der Waals surface area (Å²) in [6, 6.07) is 5.35. The molecule has 3 aliphatic rings. The van der Waals surface area contributed by atoms with Gasteiger partial charge in [-0.05, 0) is 37.0 Å². The van der Waals surface area contributed by atoms with E-state index in [0.717, 1.165) is 13.1 Å². The van der Waals surface area contributed by atoms with E-state index in [1.807, 2.05) is 4.90 Å². The third-order valence-corrected chi connectivity index (χ3v) is 5.74. The van der Waals surface area contributed by atoms with Gasteiger partial charge in [0.05, 0.1) is 32.0 Å². The lowest BCUT2D eigenvalue weighted by Gasteiger charge is -2.36. The Bertz CT molecular complexity index is 768. The molecule has 0 aromatic heterocycles. The second-order valence-corrected chi connectivity index (χ2v) is 8.45. The van der Waals surface area contributed by atoms with Crippen LogP contribution in [0.5, 0.6) is 11.5 Å². The number of aliphatic hydroxyl groups excluding tert-OH is 1. The zero-order valence-corrected chi connectivity index (χ0v) is 17.9. The van der Waals surface area contributed by atoms with Gasteiger partial charge in [-0.2, -0.15) is 0 Å². The molecule has 2 atom stereocenters. The van der Waals surface area contributed by atoms with Crippen LogP contribution < -0.4 is 9.47 Å². The van der Waals surface area contributed by atoms with Crippen LogP contribution in [-0.4, -0.2) is 92.4 Å². The number of carbonyl (C=O) groups excluding carboxylic acids is 1. The van der Waals surface area contributed by atoms with Gasteiger partial charge in [0.15, 0.2) is 11.5 Å². The van der Waals surface area contributed by atoms with Crippen molar-refractivity contribution in [3.05, 3.63) is 36.4 Å². The smallest absolute Gasteiger partial charge is 0.254 e. The number of morpholine rings is 1. The minimum atomic E-state index is -0.559. The van der Waals surface area contributed by atoms with E-state index in [9.17, 15) is 9.90 Å². The van der Waals surface area contributed by atoms with E-state index >= 15 is 0 Å². The number of fused-ring (bicyclic) bond motifs is 1. The molecule has 2 aliphatic heterocycles. The molecular weight excluding hydrogens is 400 g/mol. The first-order chi connectivity index (χ1) is 15.1. The molecule has 1 aromatic carbocycles. The third kappa shape index (κ3) is 6.20. The zero-order valence-electron chi connectivity index (χ0n) is 17.9. The number of amides is 1. The maximum absolute atomic E-state index is 13.3. The van der Waals surface area contributed by atoms with Gasteiger partial charge in [-0.25, -0.2) is 0 Å². The van der Waals surface area contributed by atoms with Gasteiger partial charge in [-0.15, -0.1) is 6.58 Å². The molecule has 0 radical (unpaired) electrons. The van der Waals surface area contributed by atoms with Crippen molar-refractivity contribution < 1.29 is 28.8 Å². The van der Waals surface area contributed by atoms with Gasteiger partial charge in [-0.1, -0.05) is 6.08 Å². The molecular formula is C23H32N2O6. The average Bonchev–Trinajstić information content (AvgIpc) is 3.46. The average molecular weight is 433 g/mol. The fourth-order valence-electron chi connectivity index (χ4n) is 4.01. The van der Waals surface area contributed by atoms with Gasteiger partial charge in [0.2, 0.25) is 6.79 Å². The van der Waals surface area contributed by atoms with Gasteiger partial charge in [0, 0.05) is 38.3 Å². The van der Waals surface area contributed by atoms with Gasteiger partial charge >= 0.3 is 0 Å². The van der Waals surface area contributed by atoms with Crippen molar-refractivity contribution >= 4 is 5.91 Å². The molecule has 2 heterocycles. The molecule has 0 unspecified atom stereocenters. The highest BCUT2D eigenvalue weighted by atomic mass is 16.7. The van der Waals surface area contributed by atoms with Gasteiger partial charge in [0.1, 0.15) is 0 Å². The number of nitrogens with zero attached hydrogens (tertiary/aromatic N) is 2. The molecule has 1 amide bonds. The molecule has 2 fully saturated rings. The summed E-state index contributed by atoms with van der Waals surface area (Å²) in [4.78, 5) is 17.4. The van der Waals surface area contributed by atoms with Crippen molar-refractivity contribution in [2.45, 2.75) is 25.0 Å². The van der Waals surface area contributed by atoms with Gasteiger partial charge in [-0.3, -0.25) is 9.69 Å². The number of ether oxygens (including phenoxy) is 4. The van der Waals surface area contributed by atoms with E-state index in [1.54, 1.807) is 24.3 Å². The minimum Gasteiger partial charge on any atom is -0.454 e. The Kier molecular flexibility index (Phi) is 7.45. The normalized spacial score (nSPS) is 21.6. The predicted molar refractivity (Wildman–Crippen MR) is 114 cm³/mol. The van der Waals surface area contributed by atoms with Crippen LogP contribution in [0.25, 0.3) is 0 Å². The lowest BCUT2D eigenvalue weighted by atomic mass is 10.1. The van der Waals surface area contributed by atoms with E-state index in [4.69, 9.17) is 18.9 Å². The second-order valence-electron chi connectivity index (χ2n) is 8.45. The molecule has 8 nitrogen and oxygen atoms in total. The van der Waals surface area contributed by atoms with Crippen LogP contribution >= 0.6 is 0 Å². The van der Waals surface area contributed by atoms with Crippen LogP contribution in [0.3, 0.4) is 0 Å². The largest absolute Gasteiger partial charge is 0.454 e. The summed E-state index contributed by atoms with van der Waals surface area (Å²) in [6.45, 7) is 8.32. The first-order valence-corrected chi connectivity index (χ1v) is 11.0. The summed E-state index contributed by atoms with van der Waals surface area (Å²) in [5.74, 6) is 1.85. The molecule has 1 N–H and O–H groups in total. The number of carbonyl (C=O) groups is 1. The van der Waals surface area contributed by atoms with Crippen molar-refractivity contribution in [2.75, 3.05) is 59.3 Å². The standard InChI is InChI=1S/C23H32N2O6/c1-2-8-28-15-19(26)12-24-7-9-29-20(13-24)14-25(11-17-3-4-17)23(27)18-5-6-21-22(10-18)31-16-30-21/h2,5-6,10,17,19-20,26H,1,3-4,7-9,11-16H2/t19-,20-/m1/s1. The first kappa shape index (κ1) is 22.1. The Labute approximate surface area is 183 Å². The van der Waals surface area contributed by atoms with Crippen LogP contribution in [-0.2, 0) is 9.47 Å². The summed E-state index contributed by atoms with van der Waals surface area (Å²) in [5, 5.41) is 10.2. The zero-order chi connectivity index (χ0) is 21.6. The maximum Gasteiger partial charge on any atom is 0.254 e. The molecule has 1 saturated carbocycles. The van der Waals surface area contributed by atoms with Crippen LogP contribution in [0.4, 0.5) is 0 Å². The fourth-order valence-corrected chi connectivity index (χ4v) is 4.01. The number of β-amino-alcohol motifs (C(OH)–C–C–N with tert-alkyl or cyclic N) is 1. The number of hydrogen-bond donors (Lipinski definition) is 1. The summed E-state index contributed by atoms with van der Waals surface area (Å²) in [6.07, 6.45) is 3.35. The van der Waals surface area contributed by atoms with Crippen molar-refractivity contribution in [3.63, 3.8) is 0 Å². The number of benzene rings is 1. The molecule has 4 rings (SSSR count). The van der Waals surface area contributed by atoms with E-state index in [1.165, 1.54) is 12.8 Å². The van der Waals surface area contributed by atoms with Crippen molar-refractivity contribution in [3.8, 4) is 11.5 Å². The second kappa shape index (κ2) is 10.5. The number of hydrogen-bond acceptors (Lipinski definition) is 7. The van der Waals surface area contributed by atoms with Gasteiger partial charge in [0.25, 0.3) is 5.91 Å². The molecule has 8 heteroatoms. The SMILES string of the molecule is C=CCOC[C@H](O)CN1CCO[C@@H](CN(CC2CC2)C(=O)c2ccc3c(c2)OCO3)C1. The molecule has 0 spiro atoms. The van der Waals surface area contributed by atoms with E-state index in [0.29, 0.717) is 55.8 Å². The Hall–Kier alpha value is -2.13. The Morgan fingerprint density at radius 2 is 2.16 bits per heavy atom. The first-order valence-electron chi connectivity index (χ1n) is 11.0. The summed E-state index contributed by atoms with van der Waals surface area (Å²) in [7, 11) is 0. The highest BCUT2D eigenvalue weighted by Crippen LogP contribution is 2.34. The highest BCUT2D eigenvalue weighted by molar-refractivity contribution is 5.95. The van der Waals surface area contributed by atoms with Crippen LogP contribution in [0.2, 0.25) is 0 Å². The van der Waals surface area contributed by atoms with Crippen molar-refractivity contribution in [2.24, 2.45) is 5.92 Å². The molecule has 0 bridgehead atoms. The van der Waals surface area contributed by atoms with Crippen LogP contribution in [0, 0.1) is 5.92 Å². The van der Waals surface area contributed by atoms with E-state index in [2.05, 4.69) is 11.5 Å². The molecule has 31 heavy (non-hydrogen) atoms. The van der Waals surface area contributed by atoms with Crippen molar-refractivity contribution in [1.82, 2.24) is 9.80 Å². The molecule has 1 aliphatic carbocycles. The summed E-state index contributed by atoms with van der Waals surface area (Å²) < 4.78 is 22.1. The lowest BCUT2D eigenvalue weighted by Crippen LogP contribution is -2.51. The fraction of sp³-hybridized carbons (Fsp3) is 0.609. The Morgan fingerprint density at radius 1 is 1.32 bits per heavy atom. The predicted octanol–water partition coefficient (Wildman–Crippen LogP) is 1.53. The minimum absolute atomic E-state index is 0.0104. The highest BCUT2D eigenvalue weighted by Gasteiger charge is 2.31. The lowest BCUT2D eigenvalue weighted by molar-refractivity contribution is -0.0578. The molecule has 170 valence electrons. The molecule has 1 aromatic rings. The van der Waals surface area contributed by atoms with Crippen LogP contribution in [0.1, 0.15) is 23.2 Å².